The van der Waals surface area contributed by atoms with Gasteiger partial charge >= 0.3 is 0 Å². The second kappa shape index (κ2) is 4.54. The molecule has 0 saturated carbocycles. The second-order valence-electron chi connectivity index (χ2n) is 2.49. The fourth-order valence-corrected chi connectivity index (χ4v) is 0.778. The van der Waals surface area contributed by atoms with Gasteiger partial charge in [0.15, 0.2) is 0 Å². The van der Waals surface area contributed by atoms with Gasteiger partial charge in [0, 0.05) is 5.56 Å². The van der Waals surface area contributed by atoms with Gasteiger partial charge < -0.3 is 4.84 Å². The third-order valence-electron chi connectivity index (χ3n) is 1.42. The summed E-state index contributed by atoms with van der Waals surface area (Å²) in [5.74, 6) is 0. The van der Waals surface area contributed by atoms with Crippen molar-refractivity contribution in [3.8, 4) is 0 Å². The minimum Gasteiger partial charge on any atom is -0.396 e. The minimum atomic E-state index is 0.582. The molecule has 0 aliphatic heterocycles. The van der Waals surface area contributed by atoms with Crippen molar-refractivity contribution in [2.75, 3.05) is 6.61 Å². The molecule has 0 atom stereocenters. The van der Waals surface area contributed by atoms with Crippen molar-refractivity contribution in [1.82, 2.24) is 0 Å². The third-order valence-corrected chi connectivity index (χ3v) is 1.42. The quantitative estimate of drug-likeness (QED) is 0.493. The van der Waals surface area contributed by atoms with Crippen LogP contribution in [0.4, 0.5) is 0 Å². The van der Waals surface area contributed by atoms with Crippen LogP contribution in [0.1, 0.15) is 18.1 Å². The van der Waals surface area contributed by atoms with E-state index in [2.05, 4.69) is 11.4 Å². The summed E-state index contributed by atoms with van der Waals surface area (Å²) in [7, 11) is 0. The largest absolute Gasteiger partial charge is 0.396 e. The van der Waals surface area contributed by atoms with E-state index in [0.29, 0.717) is 6.61 Å². The summed E-state index contributed by atoms with van der Waals surface area (Å²) in [6.45, 7) is 4.52. The lowest BCUT2D eigenvalue weighted by atomic mass is 10.2. The molecule has 0 bridgehead atoms. The SMILES string of the molecule is CCO/N=[C]/c1ccc(C)cc1. The van der Waals surface area contributed by atoms with Gasteiger partial charge in [-0.25, -0.2) is 0 Å². The summed E-state index contributed by atoms with van der Waals surface area (Å²) in [5.41, 5.74) is 2.17. The predicted molar refractivity (Wildman–Crippen MR) is 49.3 cm³/mol. The summed E-state index contributed by atoms with van der Waals surface area (Å²) in [6, 6.07) is 7.95. The third kappa shape index (κ3) is 2.74. The number of nitrogens with zero attached hydrogens (tertiary/aromatic N) is 1. The number of benzene rings is 1. The predicted octanol–water partition coefficient (Wildman–Crippen LogP) is 2.24. The average molecular weight is 162 g/mol. The van der Waals surface area contributed by atoms with Gasteiger partial charge in [0.25, 0.3) is 0 Å². The molecule has 1 aromatic rings. The standard InChI is InChI=1S/C10H12NO/c1-3-12-11-8-10-6-4-9(2)5-7-10/h4-7H,3H2,1-2H3. The molecule has 0 aliphatic rings. The molecule has 0 N–H and O–H groups in total. The molecule has 0 saturated heterocycles. The van der Waals surface area contributed by atoms with Gasteiger partial charge in [0.2, 0.25) is 0 Å². The van der Waals surface area contributed by atoms with E-state index in [4.69, 9.17) is 4.84 Å². The van der Waals surface area contributed by atoms with Gasteiger partial charge in [-0.05, 0) is 13.8 Å². The fourth-order valence-electron chi connectivity index (χ4n) is 0.778. The lowest BCUT2D eigenvalue weighted by Crippen LogP contribution is -1.84. The fraction of sp³-hybridized carbons (Fsp3) is 0.300. The molecule has 12 heavy (non-hydrogen) atoms. The lowest BCUT2D eigenvalue weighted by molar-refractivity contribution is 0.160. The molecular weight excluding hydrogens is 150 g/mol. The van der Waals surface area contributed by atoms with Crippen molar-refractivity contribution in [2.45, 2.75) is 13.8 Å². The Morgan fingerprint density at radius 3 is 2.58 bits per heavy atom. The molecule has 0 amide bonds. The van der Waals surface area contributed by atoms with Crippen LogP contribution < -0.4 is 0 Å². The Labute approximate surface area is 72.9 Å². The van der Waals surface area contributed by atoms with E-state index in [1.165, 1.54) is 5.56 Å². The number of hydrogen-bond acceptors (Lipinski definition) is 2. The van der Waals surface area contributed by atoms with Crippen molar-refractivity contribution in [2.24, 2.45) is 5.16 Å². The molecule has 0 spiro atoms. The summed E-state index contributed by atoms with van der Waals surface area (Å²) >= 11 is 0. The highest BCUT2D eigenvalue weighted by molar-refractivity contribution is 5.78. The molecule has 63 valence electrons. The first-order chi connectivity index (χ1) is 5.83. The molecule has 2 heteroatoms. The zero-order valence-corrected chi connectivity index (χ0v) is 7.37. The highest BCUT2D eigenvalue weighted by atomic mass is 16.6. The molecule has 1 radical (unpaired) electrons. The molecule has 1 aromatic carbocycles. The van der Waals surface area contributed by atoms with Gasteiger partial charge in [0.05, 0.1) is 0 Å². The Hall–Kier alpha value is -1.31. The minimum absolute atomic E-state index is 0.582. The van der Waals surface area contributed by atoms with Crippen LogP contribution in [-0.2, 0) is 4.84 Å². The van der Waals surface area contributed by atoms with E-state index in [0.717, 1.165) is 5.56 Å². The smallest absolute Gasteiger partial charge is 0.139 e. The Morgan fingerprint density at radius 2 is 2.00 bits per heavy atom. The topological polar surface area (TPSA) is 21.6 Å². The van der Waals surface area contributed by atoms with Crippen molar-refractivity contribution in [3.05, 3.63) is 35.4 Å². The number of aryl methyl sites for hydroxylation is 1. The highest BCUT2D eigenvalue weighted by Crippen LogP contribution is 1.99. The summed E-state index contributed by atoms with van der Waals surface area (Å²) in [5, 5.41) is 3.64. The van der Waals surface area contributed by atoms with Gasteiger partial charge in [-0.15, -0.1) is 0 Å². The van der Waals surface area contributed by atoms with E-state index >= 15 is 0 Å². The highest BCUT2D eigenvalue weighted by Gasteiger charge is 1.87. The van der Waals surface area contributed by atoms with Crippen LogP contribution in [0.3, 0.4) is 0 Å². The summed E-state index contributed by atoms with van der Waals surface area (Å²) < 4.78 is 0. The maximum Gasteiger partial charge on any atom is 0.139 e. The average Bonchev–Trinajstić information content (AvgIpc) is 2.09. The van der Waals surface area contributed by atoms with Crippen LogP contribution in [-0.4, -0.2) is 12.8 Å². The Morgan fingerprint density at radius 1 is 1.33 bits per heavy atom. The van der Waals surface area contributed by atoms with Crippen LogP contribution >= 0.6 is 0 Å². The van der Waals surface area contributed by atoms with Gasteiger partial charge in [-0.1, -0.05) is 35.0 Å². The lowest BCUT2D eigenvalue weighted by Gasteiger charge is -1.93. The Kier molecular flexibility index (Phi) is 3.33. The second-order valence-corrected chi connectivity index (χ2v) is 2.49. The Bertz CT molecular complexity index is 251. The van der Waals surface area contributed by atoms with Crippen LogP contribution in [0.5, 0.6) is 0 Å². The van der Waals surface area contributed by atoms with Crippen molar-refractivity contribution < 1.29 is 4.84 Å². The van der Waals surface area contributed by atoms with Crippen molar-refractivity contribution in [1.29, 1.82) is 0 Å². The number of rotatable bonds is 3. The van der Waals surface area contributed by atoms with E-state index in [-0.39, 0.29) is 0 Å². The molecule has 1 rings (SSSR count). The zero-order chi connectivity index (χ0) is 8.81. The molecular formula is C10H12NO. The molecule has 2 nitrogen and oxygen atoms in total. The molecule has 0 heterocycles. The van der Waals surface area contributed by atoms with Gasteiger partial charge in [-0.3, -0.25) is 0 Å². The van der Waals surface area contributed by atoms with Crippen LogP contribution in [0.2, 0.25) is 0 Å². The number of hydrogen-bond donors (Lipinski definition) is 0. The first kappa shape index (κ1) is 8.78. The van der Waals surface area contributed by atoms with E-state index in [9.17, 15) is 0 Å². The van der Waals surface area contributed by atoms with Gasteiger partial charge in [0.1, 0.15) is 12.8 Å². The van der Waals surface area contributed by atoms with Crippen LogP contribution in [0.15, 0.2) is 29.4 Å². The van der Waals surface area contributed by atoms with Gasteiger partial charge in [-0.2, -0.15) is 0 Å². The van der Waals surface area contributed by atoms with E-state index in [1.54, 1.807) is 0 Å². The first-order valence-electron chi connectivity index (χ1n) is 3.97. The van der Waals surface area contributed by atoms with E-state index in [1.807, 2.05) is 38.1 Å². The maximum atomic E-state index is 4.78. The molecule has 0 aliphatic carbocycles. The van der Waals surface area contributed by atoms with Crippen LogP contribution in [0, 0.1) is 6.92 Å². The van der Waals surface area contributed by atoms with Crippen molar-refractivity contribution in [3.63, 3.8) is 0 Å². The summed E-state index contributed by atoms with van der Waals surface area (Å²) in [4.78, 5) is 4.78. The summed E-state index contributed by atoms with van der Waals surface area (Å²) in [6.07, 6.45) is 2.78. The normalized spacial score (nSPS) is 10.5. The molecule has 0 unspecified atom stereocenters. The van der Waals surface area contributed by atoms with Crippen molar-refractivity contribution >= 4 is 6.21 Å². The zero-order valence-electron chi connectivity index (χ0n) is 7.37. The van der Waals surface area contributed by atoms with Crippen LogP contribution in [0.25, 0.3) is 0 Å². The molecule has 0 aromatic heterocycles. The Balaban J connectivity index is 2.58. The monoisotopic (exact) mass is 162 g/mol. The molecule has 0 fully saturated rings. The van der Waals surface area contributed by atoms with E-state index < -0.39 is 0 Å². The maximum absolute atomic E-state index is 4.78. The first-order valence-corrected chi connectivity index (χ1v) is 3.97.